The Morgan fingerprint density at radius 2 is 2.05 bits per heavy atom. The standard InChI is InChI=1S/C14H26N4O/c1-4-6-8-11(7-5-2)16-13-9-12(15)17-14(18-13)10-19-3/h9,11H,4-8,10H2,1-3H3,(H3,15,16,17,18). The number of methoxy groups -OCH3 is 1. The molecule has 0 aliphatic rings. The molecule has 0 aliphatic carbocycles. The minimum Gasteiger partial charge on any atom is -0.384 e. The van der Waals surface area contributed by atoms with Crippen molar-refractivity contribution < 1.29 is 4.74 Å². The Morgan fingerprint density at radius 1 is 1.26 bits per heavy atom. The highest BCUT2D eigenvalue weighted by molar-refractivity contribution is 5.45. The Bertz CT molecular complexity index is 370. The van der Waals surface area contributed by atoms with E-state index in [1.54, 1.807) is 13.2 Å². The minimum atomic E-state index is 0.382. The van der Waals surface area contributed by atoms with E-state index >= 15 is 0 Å². The van der Waals surface area contributed by atoms with Crippen LogP contribution in [0.15, 0.2) is 6.07 Å². The number of hydrogen-bond acceptors (Lipinski definition) is 5. The van der Waals surface area contributed by atoms with Gasteiger partial charge in [-0.1, -0.05) is 33.1 Å². The molecule has 108 valence electrons. The van der Waals surface area contributed by atoms with Gasteiger partial charge in [0.1, 0.15) is 18.2 Å². The molecule has 0 saturated heterocycles. The van der Waals surface area contributed by atoms with Crippen LogP contribution in [0.2, 0.25) is 0 Å². The van der Waals surface area contributed by atoms with E-state index in [1.165, 1.54) is 12.8 Å². The lowest BCUT2D eigenvalue weighted by Gasteiger charge is -2.19. The fraction of sp³-hybridized carbons (Fsp3) is 0.714. The van der Waals surface area contributed by atoms with Gasteiger partial charge in [0.05, 0.1) is 0 Å². The first-order valence-electron chi connectivity index (χ1n) is 7.08. The van der Waals surface area contributed by atoms with Crippen molar-refractivity contribution in [2.75, 3.05) is 18.2 Å². The number of nitrogens with two attached hydrogens (primary N) is 1. The lowest BCUT2D eigenvalue weighted by molar-refractivity contribution is 0.178. The first-order valence-corrected chi connectivity index (χ1v) is 7.08. The van der Waals surface area contributed by atoms with Crippen molar-refractivity contribution in [1.29, 1.82) is 0 Å². The molecule has 1 unspecified atom stereocenters. The summed E-state index contributed by atoms with van der Waals surface area (Å²) in [4.78, 5) is 8.57. The second-order valence-corrected chi connectivity index (χ2v) is 4.80. The topological polar surface area (TPSA) is 73.1 Å². The maximum atomic E-state index is 5.79. The van der Waals surface area contributed by atoms with Crippen molar-refractivity contribution >= 4 is 11.6 Å². The highest BCUT2D eigenvalue weighted by Gasteiger charge is 2.09. The van der Waals surface area contributed by atoms with Crippen molar-refractivity contribution in [3.63, 3.8) is 0 Å². The van der Waals surface area contributed by atoms with Crippen LogP contribution in [0.1, 0.15) is 51.8 Å². The van der Waals surface area contributed by atoms with Crippen LogP contribution in [0.4, 0.5) is 11.6 Å². The van der Waals surface area contributed by atoms with Gasteiger partial charge in [-0.05, 0) is 12.8 Å². The summed E-state index contributed by atoms with van der Waals surface area (Å²) in [5.41, 5.74) is 5.79. The molecule has 0 fully saturated rings. The number of nitrogens with zero attached hydrogens (tertiary/aromatic N) is 2. The summed E-state index contributed by atoms with van der Waals surface area (Å²) in [6.45, 7) is 4.79. The predicted octanol–water partition coefficient (Wildman–Crippen LogP) is 2.98. The molecule has 1 rings (SSSR count). The van der Waals surface area contributed by atoms with Crippen molar-refractivity contribution in [2.45, 2.75) is 58.6 Å². The maximum absolute atomic E-state index is 5.79. The molecule has 0 saturated carbocycles. The van der Waals surface area contributed by atoms with E-state index in [9.17, 15) is 0 Å². The molecule has 5 nitrogen and oxygen atoms in total. The molecule has 1 atom stereocenters. The third-order valence-corrected chi connectivity index (χ3v) is 2.96. The fourth-order valence-corrected chi connectivity index (χ4v) is 2.08. The van der Waals surface area contributed by atoms with Crippen LogP contribution in [0.3, 0.4) is 0 Å². The largest absolute Gasteiger partial charge is 0.384 e. The summed E-state index contributed by atoms with van der Waals surface area (Å²) < 4.78 is 5.05. The van der Waals surface area contributed by atoms with E-state index in [2.05, 4.69) is 29.1 Å². The second kappa shape index (κ2) is 8.69. The number of aromatic nitrogens is 2. The van der Waals surface area contributed by atoms with Gasteiger partial charge in [-0.3, -0.25) is 0 Å². The van der Waals surface area contributed by atoms with Gasteiger partial charge in [0, 0.05) is 19.2 Å². The monoisotopic (exact) mass is 266 g/mol. The third-order valence-electron chi connectivity index (χ3n) is 2.96. The van der Waals surface area contributed by atoms with Crippen molar-refractivity contribution in [2.24, 2.45) is 0 Å². The molecule has 1 heterocycles. The van der Waals surface area contributed by atoms with Crippen LogP contribution in [-0.2, 0) is 11.3 Å². The average molecular weight is 266 g/mol. The quantitative estimate of drug-likeness (QED) is 0.719. The van der Waals surface area contributed by atoms with Gasteiger partial charge >= 0.3 is 0 Å². The molecule has 0 amide bonds. The summed E-state index contributed by atoms with van der Waals surface area (Å²) >= 11 is 0. The normalized spacial score (nSPS) is 12.4. The number of nitrogen functional groups attached to an aromatic ring is 1. The number of rotatable bonds is 9. The summed E-state index contributed by atoms with van der Waals surface area (Å²) in [6, 6.07) is 2.24. The minimum absolute atomic E-state index is 0.382. The first kappa shape index (κ1) is 15.7. The molecule has 1 aromatic rings. The molecule has 3 N–H and O–H groups in total. The van der Waals surface area contributed by atoms with E-state index < -0.39 is 0 Å². The van der Waals surface area contributed by atoms with Gasteiger partial charge < -0.3 is 15.8 Å². The number of hydrogen-bond donors (Lipinski definition) is 2. The Hall–Kier alpha value is -1.36. The number of unbranched alkanes of at least 4 members (excludes halogenated alkanes) is 1. The van der Waals surface area contributed by atoms with Crippen LogP contribution < -0.4 is 11.1 Å². The van der Waals surface area contributed by atoms with E-state index in [1.807, 2.05) is 0 Å². The third kappa shape index (κ3) is 5.87. The average Bonchev–Trinajstić information content (AvgIpc) is 2.36. The summed E-state index contributed by atoms with van der Waals surface area (Å²) in [7, 11) is 1.63. The number of anilines is 2. The van der Waals surface area contributed by atoms with Crippen LogP contribution in [0.25, 0.3) is 0 Å². The van der Waals surface area contributed by atoms with E-state index in [0.717, 1.165) is 25.1 Å². The van der Waals surface area contributed by atoms with Crippen LogP contribution in [-0.4, -0.2) is 23.1 Å². The molecule has 0 spiro atoms. The Balaban J connectivity index is 2.71. The smallest absolute Gasteiger partial charge is 0.158 e. The molecule has 0 radical (unpaired) electrons. The Labute approximate surface area is 116 Å². The number of nitrogens with one attached hydrogen (secondary N) is 1. The van der Waals surface area contributed by atoms with Crippen molar-refractivity contribution in [3.05, 3.63) is 11.9 Å². The summed E-state index contributed by atoms with van der Waals surface area (Å²) in [5, 5.41) is 3.47. The molecule has 0 aliphatic heterocycles. The molecular formula is C14H26N4O. The first-order chi connectivity index (χ1) is 9.19. The Morgan fingerprint density at radius 3 is 2.68 bits per heavy atom. The summed E-state index contributed by atoms with van der Waals surface area (Å²) in [6.07, 6.45) is 5.90. The van der Waals surface area contributed by atoms with E-state index in [0.29, 0.717) is 24.3 Å². The van der Waals surface area contributed by atoms with Gasteiger partial charge in [0.25, 0.3) is 0 Å². The van der Waals surface area contributed by atoms with Gasteiger partial charge in [0.15, 0.2) is 5.82 Å². The zero-order valence-electron chi connectivity index (χ0n) is 12.3. The highest BCUT2D eigenvalue weighted by atomic mass is 16.5. The van der Waals surface area contributed by atoms with Crippen molar-refractivity contribution in [1.82, 2.24) is 9.97 Å². The van der Waals surface area contributed by atoms with Gasteiger partial charge in [-0.15, -0.1) is 0 Å². The maximum Gasteiger partial charge on any atom is 0.158 e. The molecule has 1 aromatic heterocycles. The zero-order chi connectivity index (χ0) is 14.1. The molecule has 0 aromatic carbocycles. The van der Waals surface area contributed by atoms with Gasteiger partial charge in [0.2, 0.25) is 0 Å². The molecule has 0 bridgehead atoms. The SMILES string of the molecule is CCCCC(CCC)Nc1cc(N)nc(COC)n1. The zero-order valence-corrected chi connectivity index (χ0v) is 12.3. The van der Waals surface area contributed by atoms with Crippen LogP contribution in [0.5, 0.6) is 0 Å². The Kier molecular flexibility index (Phi) is 7.18. The summed E-state index contributed by atoms with van der Waals surface area (Å²) in [5.74, 6) is 1.90. The second-order valence-electron chi connectivity index (χ2n) is 4.80. The van der Waals surface area contributed by atoms with Crippen LogP contribution >= 0.6 is 0 Å². The highest BCUT2D eigenvalue weighted by Crippen LogP contribution is 2.15. The van der Waals surface area contributed by atoms with Gasteiger partial charge in [-0.2, -0.15) is 0 Å². The van der Waals surface area contributed by atoms with E-state index in [-0.39, 0.29) is 0 Å². The molecule has 19 heavy (non-hydrogen) atoms. The van der Waals surface area contributed by atoms with Crippen LogP contribution in [0, 0.1) is 0 Å². The van der Waals surface area contributed by atoms with Crippen molar-refractivity contribution in [3.8, 4) is 0 Å². The van der Waals surface area contributed by atoms with E-state index in [4.69, 9.17) is 10.5 Å². The molecule has 5 heteroatoms. The van der Waals surface area contributed by atoms with Gasteiger partial charge in [-0.25, -0.2) is 9.97 Å². The fourth-order valence-electron chi connectivity index (χ4n) is 2.08. The number of ether oxygens (including phenoxy) is 1. The molecular weight excluding hydrogens is 240 g/mol. The predicted molar refractivity (Wildman–Crippen MR) is 79.0 cm³/mol. The lowest BCUT2D eigenvalue weighted by atomic mass is 10.1. The lowest BCUT2D eigenvalue weighted by Crippen LogP contribution is -2.20.